The van der Waals surface area contributed by atoms with Crippen molar-refractivity contribution in [2.75, 3.05) is 20.7 Å². The molecule has 0 spiro atoms. The van der Waals surface area contributed by atoms with E-state index in [9.17, 15) is 4.79 Å². The Morgan fingerprint density at radius 3 is 2.64 bits per heavy atom. The van der Waals surface area contributed by atoms with Gasteiger partial charge in [-0.3, -0.25) is 4.79 Å². The van der Waals surface area contributed by atoms with Gasteiger partial charge in [0.25, 0.3) is 5.91 Å². The summed E-state index contributed by atoms with van der Waals surface area (Å²) < 4.78 is 5.31. The third kappa shape index (κ3) is 2.19. The van der Waals surface area contributed by atoms with Crippen molar-refractivity contribution in [3.63, 3.8) is 0 Å². The summed E-state index contributed by atoms with van der Waals surface area (Å²) in [5, 5.41) is 0. The van der Waals surface area contributed by atoms with Gasteiger partial charge in [-0.05, 0) is 19.3 Å². The molecular weight excluding hydrogens is 142 g/mol. The lowest BCUT2D eigenvalue weighted by molar-refractivity contribution is -0.143. The van der Waals surface area contributed by atoms with E-state index in [4.69, 9.17) is 4.74 Å². The van der Waals surface area contributed by atoms with Crippen molar-refractivity contribution in [1.82, 2.24) is 4.90 Å². The Morgan fingerprint density at radius 2 is 2.18 bits per heavy atom. The van der Waals surface area contributed by atoms with Gasteiger partial charge in [-0.2, -0.15) is 0 Å². The smallest absolute Gasteiger partial charge is 0.251 e. The van der Waals surface area contributed by atoms with Crippen molar-refractivity contribution < 1.29 is 9.53 Å². The highest BCUT2D eigenvalue weighted by molar-refractivity contribution is 5.80. The molecule has 1 amide bonds. The summed E-state index contributed by atoms with van der Waals surface area (Å²) in [4.78, 5) is 12.9. The summed E-state index contributed by atoms with van der Waals surface area (Å²) in [5.41, 5.74) is 0. The molecular formula is C8H15NO2. The summed E-state index contributed by atoms with van der Waals surface area (Å²) in [6.07, 6.45) is 2.93. The van der Waals surface area contributed by atoms with E-state index in [2.05, 4.69) is 0 Å². The first-order chi connectivity index (χ1) is 5.22. The highest BCUT2D eigenvalue weighted by Crippen LogP contribution is 2.13. The molecule has 64 valence electrons. The predicted molar refractivity (Wildman–Crippen MR) is 42.3 cm³/mol. The lowest BCUT2D eigenvalue weighted by atomic mass is 10.1. The van der Waals surface area contributed by atoms with E-state index in [1.165, 1.54) is 0 Å². The molecule has 1 saturated heterocycles. The number of ether oxygens (including phenoxy) is 1. The van der Waals surface area contributed by atoms with E-state index >= 15 is 0 Å². The monoisotopic (exact) mass is 157 g/mol. The molecule has 0 aromatic carbocycles. The molecule has 1 rings (SSSR count). The molecule has 3 heteroatoms. The maximum atomic E-state index is 11.3. The first-order valence-corrected chi connectivity index (χ1v) is 4.04. The lowest BCUT2D eigenvalue weighted by Crippen LogP contribution is -2.37. The second-order valence-corrected chi connectivity index (χ2v) is 3.09. The van der Waals surface area contributed by atoms with Crippen molar-refractivity contribution in [2.45, 2.75) is 25.4 Å². The van der Waals surface area contributed by atoms with Gasteiger partial charge in [-0.25, -0.2) is 0 Å². The quantitative estimate of drug-likeness (QED) is 0.559. The zero-order valence-corrected chi connectivity index (χ0v) is 7.17. The second-order valence-electron chi connectivity index (χ2n) is 3.09. The van der Waals surface area contributed by atoms with Gasteiger partial charge in [0.1, 0.15) is 6.10 Å². The second kappa shape index (κ2) is 3.72. The van der Waals surface area contributed by atoms with Gasteiger partial charge in [-0.15, -0.1) is 0 Å². The minimum atomic E-state index is -0.168. The molecule has 3 nitrogen and oxygen atoms in total. The number of carbonyl (C=O) groups excluding carboxylic acids is 1. The minimum absolute atomic E-state index is 0.102. The molecule has 1 heterocycles. The van der Waals surface area contributed by atoms with Crippen LogP contribution in [0.2, 0.25) is 0 Å². The first kappa shape index (κ1) is 8.53. The van der Waals surface area contributed by atoms with Crippen LogP contribution in [-0.4, -0.2) is 37.6 Å². The maximum Gasteiger partial charge on any atom is 0.251 e. The van der Waals surface area contributed by atoms with E-state index in [0.717, 1.165) is 25.9 Å². The summed E-state index contributed by atoms with van der Waals surface area (Å²) in [6.45, 7) is 0.740. The van der Waals surface area contributed by atoms with Crippen molar-refractivity contribution in [1.29, 1.82) is 0 Å². The van der Waals surface area contributed by atoms with Crippen LogP contribution in [0.3, 0.4) is 0 Å². The van der Waals surface area contributed by atoms with Crippen molar-refractivity contribution in [2.24, 2.45) is 0 Å². The van der Waals surface area contributed by atoms with Crippen LogP contribution in [0.25, 0.3) is 0 Å². The molecule has 1 atom stereocenters. The van der Waals surface area contributed by atoms with Gasteiger partial charge < -0.3 is 9.64 Å². The molecule has 0 N–H and O–H groups in total. The van der Waals surface area contributed by atoms with Gasteiger partial charge >= 0.3 is 0 Å². The Bertz CT molecular complexity index is 139. The summed E-state index contributed by atoms with van der Waals surface area (Å²) in [5.74, 6) is 0.102. The molecule has 1 fully saturated rings. The van der Waals surface area contributed by atoms with Crippen LogP contribution in [0, 0.1) is 0 Å². The van der Waals surface area contributed by atoms with Crippen LogP contribution < -0.4 is 0 Å². The van der Waals surface area contributed by atoms with Crippen molar-refractivity contribution in [3.8, 4) is 0 Å². The highest BCUT2D eigenvalue weighted by Gasteiger charge is 2.22. The van der Waals surface area contributed by atoms with E-state index < -0.39 is 0 Å². The minimum Gasteiger partial charge on any atom is -0.368 e. The average Bonchev–Trinajstić information content (AvgIpc) is 2.05. The topological polar surface area (TPSA) is 29.5 Å². The molecule has 0 aromatic heterocycles. The van der Waals surface area contributed by atoms with Crippen LogP contribution >= 0.6 is 0 Å². The molecule has 11 heavy (non-hydrogen) atoms. The number of amides is 1. The van der Waals surface area contributed by atoms with Gasteiger partial charge in [-0.1, -0.05) is 0 Å². The van der Waals surface area contributed by atoms with Crippen LogP contribution in [0.15, 0.2) is 0 Å². The fourth-order valence-corrected chi connectivity index (χ4v) is 1.22. The molecule has 1 unspecified atom stereocenters. The van der Waals surface area contributed by atoms with Gasteiger partial charge in [0.2, 0.25) is 0 Å². The number of likely N-dealkylation sites (N-methyl/N-ethyl adjacent to an activating group) is 1. The lowest BCUT2D eigenvalue weighted by Gasteiger charge is -2.24. The normalized spacial score (nSPS) is 24.7. The number of nitrogens with zero attached hydrogens (tertiary/aromatic N) is 1. The van der Waals surface area contributed by atoms with E-state index in [0.29, 0.717) is 0 Å². The number of rotatable bonds is 1. The van der Waals surface area contributed by atoms with Crippen LogP contribution in [-0.2, 0) is 9.53 Å². The molecule has 1 aliphatic rings. The summed E-state index contributed by atoms with van der Waals surface area (Å²) in [7, 11) is 3.53. The Balaban J connectivity index is 2.39. The Kier molecular flexibility index (Phi) is 2.88. The zero-order chi connectivity index (χ0) is 8.27. The third-order valence-electron chi connectivity index (χ3n) is 1.90. The number of hydrogen-bond acceptors (Lipinski definition) is 2. The molecule has 1 aliphatic heterocycles. The van der Waals surface area contributed by atoms with Crippen molar-refractivity contribution in [3.05, 3.63) is 0 Å². The summed E-state index contributed by atoms with van der Waals surface area (Å²) >= 11 is 0. The Hall–Kier alpha value is -0.570. The predicted octanol–water partition coefficient (Wildman–Crippen LogP) is 0.644. The molecule has 0 aromatic rings. The van der Waals surface area contributed by atoms with E-state index in [-0.39, 0.29) is 12.0 Å². The zero-order valence-electron chi connectivity index (χ0n) is 7.17. The molecule has 0 saturated carbocycles. The van der Waals surface area contributed by atoms with E-state index in [1.54, 1.807) is 19.0 Å². The van der Waals surface area contributed by atoms with Crippen molar-refractivity contribution >= 4 is 5.91 Å². The van der Waals surface area contributed by atoms with Crippen LogP contribution in [0.4, 0.5) is 0 Å². The van der Waals surface area contributed by atoms with Gasteiger partial charge in [0.05, 0.1) is 0 Å². The average molecular weight is 157 g/mol. The number of carbonyl (C=O) groups is 1. The number of hydrogen-bond donors (Lipinski definition) is 0. The maximum absolute atomic E-state index is 11.3. The Labute approximate surface area is 67.3 Å². The van der Waals surface area contributed by atoms with Gasteiger partial charge in [0, 0.05) is 20.7 Å². The fourth-order valence-electron chi connectivity index (χ4n) is 1.22. The largest absolute Gasteiger partial charge is 0.368 e. The van der Waals surface area contributed by atoms with Crippen LogP contribution in [0.5, 0.6) is 0 Å². The van der Waals surface area contributed by atoms with Gasteiger partial charge in [0.15, 0.2) is 0 Å². The first-order valence-electron chi connectivity index (χ1n) is 4.04. The Morgan fingerprint density at radius 1 is 1.45 bits per heavy atom. The third-order valence-corrected chi connectivity index (χ3v) is 1.90. The SMILES string of the molecule is CN(C)C(=O)C1CCCCO1. The summed E-state index contributed by atoms with van der Waals surface area (Å²) in [6, 6.07) is 0. The van der Waals surface area contributed by atoms with Crippen LogP contribution in [0.1, 0.15) is 19.3 Å². The molecule has 0 bridgehead atoms. The fraction of sp³-hybridized carbons (Fsp3) is 0.875. The van der Waals surface area contributed by atoms with E-state index in [1.807, 2.05) is 0 Å². The molecule has 0 aliphatic carbocycles. The molecule has 0 radical (unpaired) electrons. The standard InChI is InChI=1S/C8H15NO2/c1-9(2)8(10)7-5-3-4-6-11-7/h7H,3-6H2,1-2H3. The highest BCUT2D eigenvalue weighted by atomic mass is 16.5.